The maximum Gasteiger partial charge on any atom is 0.407 e. The van der Waals surface area contributed by atoms with Gasteiger partial charge in [-0.2, -0.15) is 4.39 Å². The summed E-state index contributed by atoms with van der Waals surface area (Å²) in [6.07, 6.45) is 3.66. The molecule has 2 aliphatic rings. The van der Waals surface area contributed by atoms with Gasteiger partial charge in [-0.25, -0.2) is 9.78 Å². The molecule has 3 atom stereocenters. The van der Waals surface area contributed by atoms with E-state index in [4.69, 9.17) is 9.47 Å². The van der Waals surface area contributed by atoms with Crippen molar-refractivity contribution >= 4 is 18.0 Å². The van der Waals surface area contributed by atoms with Crippen LogP contribution in [0, 0.1) is 11.9 Å². The Bertz CT molecular complexity index is 827. The van der Waals surface area contributed by atoms with E-state index in [9.17, 15) is 18.8 Å². The van der Waals surface area contributed by atoms with Crippen molar-refractivity contribution < 1.29 is 28.2 Å². The summed E-state index contributed by atoms with van der Waals surface area (Å²) < 4.78 is 23.7. The summed E-state index contributed by atoms with van der Waals surface area (Å²) >= 11 is 0. The molecular weight excluding hydrogens is 405 g/mol. The average Bonchev–Trinajstić information content (AvgIpc) is 2.94. The zero-order chi connectivity index (χ0) is 22.8. The average molecular weight is 435 g/mol. The summed E-state index contributed by atoms with van der Waals surface area (Å²) in [6, 6.07) is 2.14. The van der Waals surface area contributed by atoms with E-state index in [1.807, 2.05) is 4.90 Å². The highest BCUT2D eigenvalue weighted by Crippen LogP contribution is 2.41. The maximum absolute atomic E-state index is 13.5. The lowest BCUT2D eigenvalue weighted by molar-refractivity contribution is -0.141. The molecule has 0 spiro atoms. The van der Waals surface area contributed by atoms with Crippen LogP contribution in [0.5, 0.6) is 0 Å². The molecule has 31 heavy (non-hydrogen) atoms. The minimum Gasteiger partial charge on any atom is -0.469 e. The highest BCUT2D eigenvalue weighted by Gasteiger charge is 2.46. The van der Waals surface area contributed by atoms with Crippen molar-refractivity contribution in [2.45, 2.75) is 76.6 Å². The largest absolute Gasteiger partial charge is 0.469 e. The normalized spacial score (nSPS) is 23.8. The predicted molar refractivity (Wildman–Crippen MR) is 110 cm³/mol. The van der Waals surface area contributed by atoms with Gasteiger partial charge in [-0.3, -0.25) is 9.59 Å². The molecule has 3 heterocycles. The second-order valence-corrected chi connectivity index (χ2v) is 9.23. The smallest absolute Gasteiger partial charge is 0.407 e. The second-order valence-electron chi connectivity index (χ2n) is 9.23. The summed E-state index contributed by atoms with van der Waals surface area (Å²) in [6.45, 7) is 5.32. The molecule has 8 nitrogen and oxygen atoms in total. The topological polar surface area (TPSA) is 97.8 Å². The van der Waals surface area contributed by atoms with Gasteiger partial charge in [-0.15, -0.1) is 0 Å². The Labute approximate surface area is 181 Å². The molecule has 2 saturated heterocycles. The second kappa shape index (κ2) is 9.20. The van der Waals surface area contributed by atoms with E-state index in [0.29, 0.717) is 12.8 Å². The summed E-state index contributed by atoms with van der Waals surface area (Å²) in [7, 11) is 1.31. The van der Waals surface area contributed by atoms with E-state index in [2.05, 4.69) is 10.3 Å². The van der Waals surface area contributed by atoms with Gasteiger partial charge in [-0.05, 0) is 58.4 Å². The Kier molecular flexibility index (Phi) is 6.81. The first-order valence-corrected chi connectivity index (χ1v) is 10.6. The number of ether oxygens (including phenoxy) is 2. The van der Waals surface area contributed by atoms with Gasteiger partial charge in [0.2, 0.25) is 5.95 Å². The molecule has 0 radical (unpaired) electrons. The fraction of sp³-hybridized carbons (Fsp3) is 0.636. The number of aromatic nitrogens is 1. The molecule has 1 N–H and O–H groups in total. The van der Waals surface area contributed by atoms with Gasteiger partial charge in [0.15, 0.2) is 0 Å². The molecule has 0 aliphatic carbocycles. The SMILES string of the molecule is COC(=O)C[C@@H](NC(=O)OC(C)(C)C)C1CC2CCC(C1)N2C(=O)c1ccnc(F)c1. The third kappa shape index (κ3) is 5.71. The van der Waals surface area contributed by atoms with Gasteiger partial charge in [0, 0.05) is 36.0 Å². The van der Waals surface area contributed by atoms with Crippen LogP contribution in [0.25, 0.3) is 0 Å². The molecule has 3 rings (SSSR count). The molecule has 2 bridgehead atoms. The number of carbonyl (C=O) groups excluding carboxylic acids is 3. The van der Waals surface area contributed by atoms with E-state index in [1.54, 1.807) is 20.8 Å². The number of pyridine rings is 1. The quantitative estimate of drug-likeness (QED) is 0.564. The van der Waals surface area contributed by atoms with Crippen molar-refractivity contribution in [3.63, 3.8) is 0 Å². The first-order valence-electron chi connectivity index (χ1n) is 10.6. The van der Waals surface area contributed by atoms with E-state index in [-0.39, 0.29) is 35.9 Å². The van der Waals surface area contributed by atoms with E-state index < -0.39 is 29.7 Å². The predicted octanol–water partition coefficient (Wildman–Crippen LogP) is 3.06. The van der Waals surface area contributed by atoms with Crippen LogP contribution in [0.1, 0.15) is 63.2 Å². The number of rotatable bonds is 5. The summed E-state index contributed by atoms with van der Waals surface area (Å²) in [5, 5.41) is 2.84. The van der Waals surface area contributed by atoms with Gasteiger partial charge >= 0.3 is 12.1 Å². The summed E-state index contributed by atoms with van der Waals surface area (Å²) in [5.41, 5.74) is -0.380. The van der Waals surface area contributed by atoms with Gasteiger partial charge in [0.25, 0.3) is 5.91 Å². The monoisotopic (exact) mass is 435 g/mol. The molecule has 0 aromatic carbocycles. The van der Waals surface area contributed by atoms with Crippen LogP contribution in [-0.4, -0.2) is 58.7 Å². The molecule has 1 aromatic rings. The van der Waals surface area contributed by atoms with Gasteiger partial charge in [-0.1, -0.05) is 0 Å². The zero-order valence-electron chi connectivity index (χ0n) is 18.4. The van der Waals surface area contributed by atoms with Crippen molar-refractivity contribution in [2.24, 2.45) is 5.92 Å². The van der Waals surface area contributed by atoms with E-state index >= 15 is 0 Å². The summed E-state index contributed by atoms with van der Waals surface area (Å²) in [5.74, 6) is -1.33. The maximum atomic E-state index is 13.5. The van der Waals surface area contributed by atoms with Crippen LogP contribution in [0.4, 0.5) is 9.18 Å². The van der Waals surface area contributed by atoms with Crippen LogP contribution >= 0.6 is 0 Å². The molecule has 170 valence electrons. The van der Waals surface area contributed by atoms with E-state index in [0.717, 1.165) is 18.9 Å². The Balaban J connectivity index is 1.73. The number of fused-ring (bicyclic) bond motifs is 2. The van der Waals surface area contributed by atoms with E-state index in [1.165, 1.54) is 19.4 Å². The number of methoxy groups -OCH3 is 1. The molecule has 2 unspecified atom stereocenters. The zero-order valence-corrected chi connectivity index (χ0v) is 18.4. The van der Waals surface area contributed by atoms with Crippen LogP contribution in [0.2, 0.25) is 0 Å². The van der Waals surface area contributed by atoms with Gasteiger partial charge < -0.3 is 19.7 Å². The highest BCUT2D eigenvalue weighted by atomic mass is 19.1. The standard InChI is InChI=1S/C22H30FN3O5/c1-22(2,3)31-21(29)25-17(12-19(27)30-4)14-9-15-5-6-16(10-14)26(15)20(28)13-7-8-24-18(23)11-13/h7-8,11,14-17H,5-6,9-10,12H2,1-4H3,(H,25,29)/t14?,15?,16?,17-/m1/s1. The Morgan fingerprint density at radius 1 is 1.26 bits per heavy atom. The third-order valence-electron chi connectivity index (χ3n) is 5.86. The number of nitrogens with one attached hydrogen (secondary N) is 1. The number of amides is 2. The first-order chi connectivity index (χ1) is 14.6. The number of hydrogen-bond donors (Lipinski definition) is 1. The lowest BCUT2D eigenvalue weighted by Gasteiger charge is -2.41. The number of alkyl carbamates (subject to hydrolysis) is 1. The molecule has 9 heteroatoms. The molecule has 1 aromatic heterocycles. The Morgan fingerprint density at radius 3 is 2.45 bits per heavy atom. The number of halogens is 1. The molecule has 2 amide bonds. The molecule has 2 fully saturated rings. The number of piperidine rings is 1. The van der Waals surface area contributed by atoms with Crippen LogP contribution in [-0.2, 0) is 14.3 Å². The lowest BCUT2D eigenvalue weighted by Crippen LogP contribution is -2.52. The summed E-state index contributed by atoms with van der Waals surface area (Å²) in [4.78, 5) is 42.7. The van der Waals surface area contributed by atoms with Crippen LogP contribution in [0.3, 0.4) is 0 Å². The van der Waals surface area contributed by atoms with Gasteiger partial charge in [0.05, 0.1) is 13.5 Å². The van der Waals surface area contributed by atoms with Crippen molar-refractivity contribution in [3.05, 3.63) is 29.8 Å². The third-order valence-corrected chi connectivity index (χ3v) is 5.86. The minimum absolute atomic E-state index is 0.0117. The lowest BCUT2D eigenvalue weighted by atomic mass is 9.83. The Morgan fingerprint density at radius 2 is 1.90 bits per heavy atom. The van der Waals surface area contributed by atoms with Crippen molar-refractivity contribution in [2.75, 3.05) is 7.11 Å². The minimum atomic E-state index is -0.687. The first kappa shape index (κ1) is 23.0. The number of carbonyl (C=O) groups is 3. The highest BCUT2D eigenvalue weighted by molar-refractivity contribution is 5.94. The van der Waals surface area contributed by atoms with Crippen molar-refractivity contribution in [3.8, 4) is 0 Å². The van der Waals surface area contributed by atoms with Crippen molar-refractivity contribution in [1.29, 1.82) is 0 Å². The number of hydrogen-bond acceptors (Lipinski definition) is 6. The number of nitrogens with zero attached hydrogens (tertiary/aromatic N) is 2. The molecule has 0 saturated carbocycles. The van der Waals surface area contributed by atoms with Crippen LogP contribution in [0.15, 0.2) is 18.3 Å². The fourth-order valence-electron chi connectivity index (χ4n) is 4.62. The Hall–Kier alpha value is -2.71. The van der Waals surface area contributed by atoms with Crippen LogP contribution < -0.4 is 5.32 Å². The van der Waals surface area contributed by atoms with Crippen molar-refractivity contribution in [1.82, 2.24) is 15.2 Å². The molecule has 2 aliphatic heterocycles. The molecular formula is C22H30FN3O5. The fourth-order valence-corrected chi connectivity index (χ4v) is 4.62. The van der Waals surface area contributed by atoms with Gasteiger partial charge in [0.1, 0.15) is 5.60 Å². The number of esters is 1.